The predicted octanol–water partition coefficient (Wildman–Crippen LogP) is -0.288. The SMILES string of the molecule is CC(C)C(N)C(=O)NCCc1ncon1. The van der Waals surface area contributed by atoms with Gasteiger partial charge in [0.15, 0.2) is 5.82 Å². The standard InChI is InChI=1S/C9H16N4O2/c1-6(2)8(10)9(14)11-4-3-7-12-5-15-13-7/h5-6,8H,3-4,10H2,1-2H3,(H,11,14). The molecule has 0 spiro atoms. The van der Waals surface area contributed by atoms with Crippen LogP contribution in [0.5, 0.6) is 0 Å². The van der Waals surface area contributed by atoms with Crippen molar-refractivity contribution in [1.82, 2.24) is 15.5 Å². The van der Waals surface area contributed by atoms with Gasteiger partial charge >= 0.3 is 0 Å². The zero-order valence-corrected chi connectivity index (χ0v) is 8.93. The van der Waals surface area contributed by atoms with Crippen molar-refractivity contribution in [3.05, 3.63) is 12.2 Å². The number of carbonyl (C=O) groups is 1. The van der Waals surface area contributed by atoms with E-state index in [1.54, 1.807) is 0 Å². The lowest BCUT2D eigenvalue weighted by atomic mass is 10.1. The van der Waals surface area contributed by atoms with Crippen molar-refractivity contribution in [2.75, 3.05) is 6.54 Å². The van der Waals surface area contributed by atoms with Gasteiger partial charge in [0.2, 0.25) is 12.3 Å². The zero-order valence-electron chi connectivity index (χ0n) is 8.93. The van der Waals surface area contributed by atoms with E-state index in [2.05, 4.69) is 20.0 Å². The van der Waals surface area contributed by atoms with E-state index in [1.165, 1.54) is 6.39 Å². The fraction of sp³-hybridized carbons (Fsp3) is 0.667. The van der Waals surface area contributed by atoms with Gasteiger partial charge in [0.25, 0.3) is 0 Å². The largest absolute Gasteiger partial charge is 0.354 e. The molecule has 0 aliphatic carbocycles. The third-order valence-corrected chi connectivity index (χ3v) is 2.08. The number of aromatic nitrogens is 2. The van der Waals surface area contributed by atoms with Crippen LogP contribution < -0.4 is 11.1 Å². The maximum atomic E-state index is 11.4. The van der Waals surface area contributed by atoms with Crippen molar-refractivity contribution in [2.45, 2.75) is 26.3 Å². The summed E-state index contributed by atoms with van der Waals surface area (Å²) in [5.41, 5.74) is 5.66. The zero-order chi connectivity index (χ0) is 11.3. The molecule has 0 saturated heterocycles. The fourth-order valence-electron chi connectivity index (χ4n) is 1.02. The van der Waals surface area contributed by atoms with Gasteiger partial charge in [0.1, 0.15) is 0 Å². The van der Waals surface area contributed by atoms with Crippen molar-refractivity contribution >= 4 is 5.91 Å². The highest BCUT2D eigenvalue weighted by Crippen LogP contribution is 1.97. The Labute approximate surface area is 88.2 Å². The van der Waals surface area contributed by atoms with Crippen molar-refractivity contribution in [3.8, 4) is 0 Å². The molecule has 0 aliphatic rings. The maximum absolute atomic E-state index is 11.4. The Hall–Kier alpha value is -1.43. The first-order valence-electron chi connectivity index (χ1n) is 4.89. The molecule has 0 radical (unpaired) electrons. The van der Waals surface area contributed by atoms with Crippen molar-refractivity contribution in [2.24, 2.45) is 11.7 Å². The Bertz CT molecular complexity index is 297. The van der Waals surface area contributed by atoms with Crippen LogP contribution in [0.25, 0.3) is 0 Å². The Kier molecular flexibility index (Phi) is 4.23. The molecule has 1 aromatic rings. The molecular formula is C9H16N4O2. The Morgan fingerprint density at radius 3 is 2.93 bits per heavy atom. The maximum Gasteiger partial charge on any atom is 0.237 e. The highest BCUT2D eigenvalue weighted by molar-refractivity contribution is 5.81. The summed E-state index contributed by atoms with van der Waals surface area (Å²) in [4.78, 5) is 15.2. The average Bonchev–Trinajstić information content (AvgIpc) is 2.69. The molecule has 84 valence electrons. The monoisotopic (exact) mass is 212 g/mol. The van der Waals surface area contributed by atoms with E-state index in [-0.39, 0.29) is 11.8 Å². The van der Waals surface area contributed by atoms with E-state index < -0.39 is 6.04 Å². The quantitative estimate of drug-likeness (QED) is 0.699. The van der Waals surface area contributed by atoms with Gasteiger partial charge in [-0.25, -0.2) is 0 Å². The second kappa shape index (κ2) is 5.45. The molecule has 0 aliphatic heterocycles. The van der Waals surface area contributed by atoms with Gasteiger partial charge in [-0.3, -0.25) is 4.79 Å². The molecule has 0 aromatic carbocycles. The van der Waals surface area contributed by atoms with Gasteiger partial charge in [0, 0.05) is 13.0 Å². The lowest BCUT2D eigenvalue weighted by Crippen LogP contribution is -2.44. The third-order valence-electron chi connectivity index (χ3n) is 2.08. The van der Waals surface area contributed by atoms with Crippen LogP contribution in [0.2, 0.25) is 0 Å². The molecular weight excluding hydrogens is 196 g/mol. The Balaban J connectivity index is 2.23. The van der Waals surface area contributed by atoms with Crippen LogP contribution in [0, 0.1) is 5.92 Å². The lowest BCUT2D eigenvalue weighted by Gasteiger charge is -2.14. The lowest BCUT2D eigenvalue weighted by molar-refractivity contribution is -0.123. The van der Waals surface area contributed by atoms with E-state index >= 15 is 0 Å². The molecule has 15 heavy (non-hydrogen) atoms. The molecule has 1 heterocycles. The van der Waals surface area contributed by atoms with E-state index in [0.717, 1.165) is 0 Å². The topological polar surface area (TPSA) is 94.0 Å². The Morgan fingerprint density at radius 2 is 2.40 bits per heavy atom. The number of carbonyl (C=O) groups excluding carboxylic acids is 1. The second-order valence-corrected chi connectivity index (χ2v) is 3.66. The van der Waals surface area contributed by atoms with Crippen molar-refractivity contribution in [3.63, 3.8) is 0 Å². The molecule has 1 unspecified atom stereocenters. The minimum atomic E-state index is -0.463. The molecule has 1 amide bonds. The fourth-order valence-corrected chi connectivity index (χ4v) is 1.02. The molecule has 1 rings (SSSR count). The van der Waals surface area contributed by atoms with Crippen LogP contribution in [0.15, 0.2) is 10.9 Å². The molecule has 1 atom stereocenters. The van der Waals surface area contributed by atoms with Gasteiger partial charge in [-0.05, 0) is 5.92 Å². The first-order valence-corrected chi connectivity index (χ1v) is 4.89. The first kappa shape index (κ1) is 11.6. The predicted molar refractivity (Wildman–Crippen MR) is 53.8 cm³/mol. The van der Waals surface area contributed by atoms with Gasteiger partial charge in [-0.2, -0.15) is 4.98 Å². The number of hydrogen-bond donors (Lipinski definition) is 2. The highest BCUT2D eigenvalue weighted by Gasteiger charge is 2.16. The smallest absolute Gasteiger partial charge is 0.237 e. The first-order chi connectivity index (χ1) is 7.11. The molecule has 1 aromatic heterocycles. The van der Waals surface area contributed by atoms with E-state index in [4.69, 9.17) is 5.73 Å². The minimum Gasteiger partial charge on any atom is -0.354 e. The summed E-state index contributed by atoms with van der Waals surface area (Å²) in [5.74, 6) is 0.567. The summed E-state index contributed by atoms with van der Waals surface area (Å²) in [7, 11) is 0. The number of nitrogens with zero attached hydrogens (tertiary/aromatic N) is 2. The summed E-state index contributed by atoms with van der Waals surface area (Å²) >= 11 is 0. The molecule has 0 saturated carbocycles. The van der Waals surface area contributed by atoms with Crippen LogP contribution >= 0.6 is 0 Å². The number of amides is 1. The number of rotatable bonds is 5. The number of nitrogens with one attached hydrogen (secondary N) is 1. The van der Waals surface area contributed by atoms with E-state index in [1.807, 2.05) is 13.8 Å². The molecule has 0 fully saturated rings. The average molecular weight is 212 g/mol. The van der Waals surface area contributed by atoms with Crippen molar-refractivity contribution < 1.29 is 9.32 Å². The Morgan fingerprint density at radius 1 is 1.67 bits per heavy atom. The van der Waals surface area contributed by atoms with Crippen LogP contribution in [-0.2, 0) is 11.2 Å². The summed E-state index contributed by atoms with van der Waals surface area (Å²) in [5, 5.41) is 6.34. The summed E-state index contributed by atoms with van der Waals surface area (Å²) in [6, 6.07) is -0.463. The van der Waals surface area contributed by atoms with Crippen molar-refractivity contribution in [1.29, 1.82) is 0 Å². The molecule has 6 heteroatoms. The number of nitrogens with two attached hydrogens (primary N) is 1. The summed E-state index contributed by atoms with van der Waals surface area (Å²) in [6.07, 6.45) is 1.81. The normalized spacial score (nSPS) is 12.8. The van der Waals surface area contributed by atoms with E-state index in [9.17, 15) is 4.79 Å². The summed E-state index contributed by atoms with van der Waals surface area (Å²) < 4.78 is 4.56. The van der Waals surface area contributed by atoms with Gasteiger partial charge in [-0.1, -0.05) is 19.0 Å². The van der Waals surface area contributed by atoms with Crippen LogP contribution in [-0.4, -0.2) is 28.6 Å². The molecule has 6 nitrogen and oxygen atoms in total. The van der Waals surface area contributed by atoms with Gasteiger partial charge < -0.3 is 15.6 Å². The van der Waals surface area contributed by atoms with Gasteiger partial charge in [0.05, 0.1) is 6.04 Å². The van der Waals surface area contributed by atoms with Crippen LogP contribution in [0.3, 0.4) is 0 Å². The molecule has 0 bridgehead atoms. The number of hydrogen-bond acceptors (Lipinski definition) is 5. The third kappa shape index (κ3) is 3.67. The highest BCUT2D eigenvalue weighted by atomic mass is 16.5. The molecule has 3 N–H and O–H groups in total. The summed E-state index contributed by atoms with van der Waals surface area (Å²) in [6.45, 7) is 4.28. The second-order valence-electron chi connectivity index (χ2n) is 3.66. The van der Waals surface area contributed by atoms with Crippen LogP contribution in [0.1, 0.15) is 19.7 Å². The minimum absolute atomic E-state index is 0.134. The van der Waals surface area contributed by atoms with E-state index in [0.29, 0.717) is 18.8 Å². The van der Waals surface area contributed by atoms with Crippen LogP contribution in [0.4, 0.5) is 0 Å². The van der Waals surface area contributed by atoms with Gasteiger partial charge in [-0.15, -0.1) is 0 Å².